The van der Waals surface area contributed by atoms with E-state index in [0.717, 1.165) is 23.3 Å². The summed E-state index contributed by atoms with van der Waals surface area (Å²) in [5, 5.41) is 13.0. The number of ether oxygens (including phenoxy) is 1. The van der Waals surface area contributed by atoms with E-state index < -0.39 is 17.7 Å². The standard InChI is InChI=1S/C27H25ClF3N3O2/c1-17(16-36-25-11-8-22(15-33-25)27(29,30)31)26(35)34-18(2)24(13-19-6-9-23(28)10-7-19)21-5-3-4-20(12-21)14-32/h3-12,15,17-18,24H,13,16H2,1-2H3,(H,34,35). The summed E-state index contributed by atoms with van der Waals surface area (Å²) in [6, 6.07) is 18.6. The van der Waals surface area contributed by atoms with E-state index in [1.807, 2.05) is 37.3 Å². The maximum atomic E-state index is 12.9. The molecule has 0 spiro atoms. The number of amides is 1. The van der Waals surface area contributed by atoms with Crippen LogP contribution >= 0.6 is 11.6 Å². The van der Waals surface area contributed by atoms with Crippen molar-refractivity contribution >= 4 is 17.5 Å². The number of carbonyl (C=O) groups excluding carboxylic acids is 1. The van der Waals surface area contributed by atoms with Gasteiger partial charge in [0.25, 0.3) is 0 Å². The molecule has 0 fully saturated rings. The van der Waals surface area contributed by atoms with E-state index in [1.54, 1.807) is 25.1 Å². The van der Waals surface area contributed by atoms with Gasteiger partial charge in [-0.25, -0.2) is 4.98 Å². The third-order valence-electron chi connectivity index (χ3n) is 5.78. The number of nitrogens with one attached hydrogen (secondary N) is 1. The van der Waals surface area contributed by atoms with E-state index in [0.29, 0.717) is 23.2 Å². The summed E-state index contributed by atoms with van der Waals surface area (Å²) in [7, 11) is 0. The topological polar surface area (TPSA) is 75.0 Å². The van der Waals surface area contributed by atoms with Crippen molar-refractivity contribution in [2.24, 2.45) is 5.92 Å². The number of alkyl halides is 3. The van der Waals surface area contributed by atoms with Crippen molar-refractivity contribution in [2.75, 3.05) is 6.61 Å². The highest BCUT2D eigenvalue weighted by molar-refractivity contribution is 6.30. The van der Waals surface area contributed by atoms with Gasteiger partial charge in [0.15, 0.2) is 0 Å². The lowest BCUT2D eigenvalue weighted by Crippen LogP contribution is -2.42. The van der Waals surface area contributed by atoms with Gasteiger partial charge in [-0.2, -0.15) is 18.4 Å². The lowest BCUT2D eigenvalue weighted by Gasteiger charge is -2.27. The second kappa shape index (κ2) is 11.9. The molecule has 3 atom stereocenters. The molecule has 0 saturated heterocycles. The molecule has 0 saturated carbocycles. The first-order valence-electron chi connectivity index (χ1n) is 11.3. The van der Waals surface area contributed by atoms with Gasteiger partial charge < -0.3 is 10.1 Å². The summed E-state index contributed by atoms with van der Waals surface area (Å²) < 4.78 is 43.5. The maximum Gasteiger partial charge on any atom is 0.417 e. The van der Waals surface area contributed by atoms with Crippen LogP contribution in [0.1, 0.15) is 42.0 Å². The number of carbonyl (C=O) groups is 1. The fraction of sp³-hybridized carbons (Fsp3) is 0.296. The van der Waals surface area contributed by atoms with Gasteiger partial charge >= 0.3 is 6.18 Å². The van der Waals surface area contributed by atoms with Crippen LogP contribution in [0.3, 0.4) is 0 Å². The van der Waals surface area contributed by atoms with E-state index in [4.69, 9.17) is 16.3 Å². The first-order chi connectivity index (χ1) is 17.1. The van der Waals surface area contributed by atoms with Crippen LogP contribution in [0.4, 0.5) is 13.2 Å². The van der Waals surface area contributed by atoms with Crippen LogP contribution in [0.25, 0.3) is 0 Å². The molecule has 1 N–H and O–H groups in total. The van der Waals surface area contributed by atoms with Crippen molar-refractivity contribution in [1.82, 2.24) is 10.3 Å². The zero-order valence-corrected chi connectivity index (χ0v) is 20.5. The summed E-state index contributed by atoms with van der Waals surface area (Å²) in [6.45, 7) is 3.50. The highest BCUT2D eigenvalue weighted by atomic mass is 35.5. The van der Waals surface area contributed by atoms with Gasteiger partial charge in [0.1, 0.15) is 6.61 Å². The molecular weight excluding hydrogens is 491 g/mol. The van der Waals surface area contributed by atoms with Gasteiger partial charge in [0.2, 0.25) is 11.8 Å². The van der Waals surface area contributed by atoms with Crippen LogP contribution < -0.4 is 10.1 Å². The predicted molar refractivity (Wildman–Crippen MR) is 131 cm³/mol. The van der Waals surface area contributed by atoms with Crippen molar-refractivity contribution in [3.63, 3.8) is 0 Å². The average Bonchev–Trinajstić information content (AvgIpc) is 2.86. The largest absolute Gasteiger partial charge is 0.477 e. The number of nitriles is 1. The quantitative estimate of drug-likeness (QED) is 0.370. The first-order valence-corrected chi connectivity index (χ1v) is 11.7. The molecule has 3 unspecified atom stereocenters. The van der Waals surface area contributed by atoms with E-state index in [9.17, 15) is 23.2 Å². The Kier molecular flexibility index (Phi) is 8.94. The Balaban J connectivity index is 1.67. The number of rotatable bonds is 9. The van der Waals surface area contributed by atoms with Crippen LogP contribution in [0, 0.1) is 17.2 Å². The number of benzene rings is 2. The molecule has 0 aliphatic rings. The highest BCUT2D eigenvalue weighted by Crippen LogP contribution is 2.29. The van der Waals surface area contributed by atoms with Crippen molar-refractivity contribution < 1.29 is 22.7 Å². The molecule has 9 heteroatoms. The summed E-state index contributed by atoms with van der Waals surface area (Å²) in [5.41, 5.74) is 1.59. The van der Waals surface area contributed by atoms with Crippen LogP contribution in [0.15, 0.2) is 66.9 Å². The van der Waals surface area contributed by atoms with Crippen LogP contribution in [0.5, 0.6) is 5.88 Å². The zero-order valence-electron chi connectivity index (χ0n) is 19.7. The fourth-order valence-corrected chi connectivity index (χ4v) is 3.81. The molecule has 3 aromatic rings. The first kappa shape index (κ1) is 27.0. The monoisotopic (exact) mass is 515 g/mol. The molecular formula is C27H25ClF3N3O2. The molecule has 1 aromatic heterocycles. The fourth-order valence-electron chi connectivity index (χ4n) is 3.68. The third kappa shape index (κ3) is 7.46. The number of aromatic nitrogens is 1. The zero-order chi connectivity index (χ0) is 26.3. The molecule has 0 aliphatic carbocycles. The summed E-state index contributed by atoms with van der Waals surface area (Å²) >= 11 is 6.01. The number of nitrogens with zero attached hydrogens (tertiary/aromatic N) is 2. The third-order valence-corrected chi connectivity index (χ3v) is 6.03. The Morgan fingerprint density at radius 1 is 1.14 bits per heavy atom. The summed E-state index contributed by atoms with van der Waals surface area (Å²) in [5.74, 6) is -0.983. The molecule has 36 heavy (non-hydrogen) atoms. The van der Waals surface area contributed by atoms with Gasteiger partial charge in [0, 0.05) is 29.2 Å². The maximum absolute atomic E-state index is 12.9. The van der Waals surface area contributed by atoms with E-state index in [2.05, 4.69) is 16.4 Å². The lowest BCUT2D eigenvalue weighted by molar-refractivity contribution is -0.137. The van der Waals surface area contributed by atoms with E-state index >= 15 is 0 Å². The smallest absolute Gasteiger partial charge is 0.417 e. The summed E-state index contributed by atoms with van der Waals surface area (Å²) in [4.78, 5) is 16.6. The van der Waals surface area contributed by atoms with Crippen LogP contribution in [0.2, 0.25) is 5.02 Å². The van der Waals surface area contributed by atoms with E-state index in [1.165, 1.54) is 0 Å². The number of halogens is 4. The van der Waals surface area contributed by atoms with Gasteiger partial charge in [-0.3, -0.25) is 4.79 Å². The molecule has 188 valence electrons. The number of pyridine rings is 1. The molecule has 0 radical (unpaired) electrons. The van der Waals surface area contributed by atoms with E-state index in [-0.39, 0.29) is 30.4 Å². The minimum Gasteiger partial charge on any atom is -0.477 e. The predicted octanol–water partition coefficient (Wildman–Crippen LogP) is 6.17. The number of hydrogen-bond donors (Lipinski definition) is 1. The Morgan fingerprint density at radius 3 is 2.47 bits per heavy atom. The highest BCUT2D eigenvalue weighted by Gasteiger charge is 2.31. The van der Waals surface area contributed by atoms with Crippen LogP contribution in [-0.4, -0.2) is 23.5 Å². The molecule has 1 amide bonds. The molecule has 0 bridgehead atoms. The Bertz CT molecular complexity index is 1210. The number of hydrogen-bond acceptors (Lipinski definition) is 4. The van der Waals surface area contributed by atoms with Gasteiger partial charge in [-0.15, -0.1) is 0 Å². The van der Waals surface area contributed by atoms with Gasteiger partial charge in [-0.1, -0.05) is 42.8 Å². The van der Waals surface area contributed by atoms with Crippen molar-refractivity contribution in [2.45, 2.75) is 38.4 Å². The summed E-state index contributed by atoms with van der Waals surface area (Å²) in [6.07, 6.45) is -3.18. The minimum atomic E-state index is -4.48. The molecule has 5 nitrogen and oxygen atoms in total. The van der Waals surface area contributed by atoms with Gasteiger partial charge in [0.05, 0.1) is 23.1 Å². The molecule has 0 aliphatic heterocycles. The van der Waals surface area contributed by atoms with Crippen molar-refractivity contribution in [3.05, 3.63) is 94.1 Å². The second-order valence-corrected chi connectivity index (χ2v) is 9.00. The molecule has 1 heterocycles. The average molecular weight is 516 g/mol. The Morgan fingerprint density at radius 2 is 1.86 bits per heavy atom. The van der Waals surface area contributed by atoms with Crippen LogP contribution in [-0.2, 0) is 17.4 Å². The molecule has 2 aromatic carbocycles. The second-order valence-electron chi connectivity index (χ2n) is 8.57. The minimum absolute atomic E-state index is 0.00429. The Labute approximate surface area is 212 Å². The van der Waals surface area contributed by atoms with Gasteiger partial charge in [-0.05, 0) is 54.8 Å². The SMILES string of the molecule is CC(COc1ccc(C(F)(F)F)cn1)C(=O)NC(C)C(Cc1ccc(Cl)cc1)c1cccc(C#N)c1. The lowest BCUT2D eigenvalue weighted by atomic mass is 9.85. The van der Waals surface area contributed by atoms with Crippen molar-refractivity contribution in [1.29, 1.82) is 5.26 Å². The Hall–Kier alpha value is -3.57. The van der Waals surface area contributed by atoms with Crippen molar-refractivity contribution in [3.8, 4) is 11.9 Å². The molecule has 3 rings (SSSR count). The normalized spacial score (nSPS) is 13.8.